The van der Waals surface area contributed by atoms with Gasteiger partial charge in [-0.1, -0.05) is 12.1 Å². The van der Waals surface area contributed by atoms with Crippen LogP contribution in [0.2, 0.25) is 0 Å². The predicted molar refractivity (Wildman–Crippen MR) is 98.6 cm³/mol. The summed E-state index contributed by atoms with van der Waals surface area (Å²) in [4.78, 5) is 17.9. The molecule has 2 N–H and O–H groups in total. The van der Waals surface area contributed by atoms with Gasteiger partial charge in [0.25, 0.3) is 0 Å². The van der Waals surface area contributed by atoms with Gasteiger partial charge in [0.1, 0.15) is 5.76 Å². The third-order valence-electron chi connectivity index (χ3n) is 4.25. The Kier molecular flexibility index (Phi) is 5.72. The highest BCUT2D eigenvalue weighted by atomic mass is 16.3. The minimum Gasteiger partial charge on any atom is -0.469 e. The van der Waals surface area contributed by atoms with Crippen LogP contribution in [0.1, 0.15) is 24.2 Å². The van der Waals surface area contributed by atoms with Crippen molar-refractivity contribution < 1.29 is 9.21 Å². The van der Waals surface area contributed by atoms with Crippen LogP contribution in [-0.2, 0) is 17.8 Å². The van der Waals surface area contributed by atoms with E-state index in [-0.39, 0.29) is 5.91 Å². The minimum absolute atomic E-state index is 0.215. The fourth-order valence-electron chi connectivity index (χ4n) is 2.88. The third kappa shape index (κ3) is 4.62. The lowest BCUT2D eigenvalue weighted by Crippen LogP contribution is -2.37. The molecule has 2 aromatic rings. The van der Waals surface area contributed by atoms with Crippen LogP contribution in [0, 0.1) is 0 Å². The number of hydrogen-bond donors (Lipinski definition) is 2. The molecule has 1 aromatic heterocycles. The van der Waals surface area contributed by atoms with E-state index in [0.717, 1.165) is 48.9 Å². The lowest BCUT2D eigenvalue weighted by molar-refractivity contribution is -0.117. The number of carbonyl (C=O) groups is 1. The van der Waals surface area contributed by atoms with Gasteiger partial charge in [-0.15, -0.1) is 0 Å². The zero-order valence-electron chi connectivity index (χ0n) is 14.5. The molecule has 1 aliphatic rings. The Balaban J connectivity index is 1.45. The first kappa shape index (κ1) is 17.1. The van der Waals surface area contributed by atoms with Crippen LogP contribution in [0.15, 0.2) is 52.1 Å². The predicted octanol–water partition coefficient (Wildman–Crippen LogP) is 2.31. The van der Waals surface area contributed by atoms with Crippen LogP contribution in [0.3, 0.4) is 0 Å². The number of rotatable bonds is 6. The smallest absolute Gasteiger partial charge is 0.227 e. The summed E-state index contributed by atoms with van der Waals surface area (Å²) in [6, 6.07) is 12.0. The minimum atomic E-state index is 0.215. The summed E-state index contributed by atoms with van der Waals surface area (Å²) in [5, 5.41) is 6.56. The van der Waals surface area contributed by atoms with E-state index in [1.807, 2.05) is 41.3 Å². The Bertz CT molecular complexity index is 708. The highest BCUT2D eigenvalue weighted by Gasteiger charge is 2.21. The molecule has 132 valence electrons. The number of hydrogen-bond acceptors (Lipinski definition) is 3. The summed E-state index contributed by atoms with van der Waals surface area (Å²) in [6.07, 6.45) is 4.10. The summed E-state index contributed by atoms with van der Waals surface area (Å²) in [7, 11) is 1.75. The van der Waals surface area contributed by atoms with Crippen molar-refractivity contribution in [1.29, 1.82) is 0 Å². The molecule has 25 heavy (non-hydrogen) atoms. The van der Waals surface area contributed by atoms with Crippen molar-refractivity contribution in [3.05, 3.63) is 54.0 Å². The van der Waals surface area contributed by atoms with Gasteiger partial charge in [-0.3, -0.25) is 9.79 Å². The Morgan fingerprint density at radius 2 is 2.08 bits per heavy atom. The summed E-state index contributed by atoms with van der Waals surface area (Å²) < 4.78 is 5.31. The van der Waals surface area contributed by atoms with Crippen molar-refractivity contribution in [2.45, 2.75) is 25.8 Å². The van der Waals surface area contributed by atoms with E-state index in [2.05, 4.69) is 15.6 Å². The fourth-order valence-corrected chi connectivity index (χ4v) is 2.88. The lowest BCUT2D eigenvalue weighted by atomic mass is 10.2. The van der Waals surface area contributed by atoms with Gasteiger partial charge in [-0.05, 0) is 36.2 Å². The quantitative estimate of drug-likeness (QED) is 0.625. The van der Waals surface area contributed by atoms with E-state index < -0.39 is 0 Å². The van der Waals surface area contributed by atoms with Gasteiger partial charge in [-0.25, -0.2) is 0 Å². The molecule has 0 atom stereocenters. The molecule has 6 nitrogen and oxygen atoms in total. The fraction of sp³-hybridized carbons (Fsp3) is 0.368. The first-order valence-corrected chi connectivity index (χ1v) is 8.62. The summed E-state index contributed by atoms with van der Waals surface area (Å²) in [5.41, 5.74) is 2.12. The van der Waals surface area contributed by atoms with Crippen LogP contribution >= 0.6 is 0 Å². The SMILES string of the molecule is CN=C(NCCc1ccco1)NCc1ccc(N2CCCC2=O)cc1. The number of benzene rings is 1. The standard InChI is InChI=1S/C19H24N4O2/c1-20-19(21-11-10-17-4-3-13-25-17)22-14-15-6-8-16(9-7-15)23-12-2-5-18(23)24/h3-4,6-9,13H,2,5,10-12,14H2,1H3,(H2,20,21,22). The lowest BCUT2D eigenvalue weighted by Gasteiger charge is -2.16. The number of amides is 1. The molecule has 0 unspecified atom stereocenters. The molecule has 1 aliphatic heterocycles. The van der Waals surface area contributed by atoms with E-state index >= 15 is 0 Å². The zero-order valence-corrected chi connectivity index (χ0v) is 14.5. The van der Waals surface area contributed by atoms with Crippen molar-refractivity contribution in [3.63, 3.8) is 0 Å². The molecule has 1 saturated heterocycles. The largest absolute Gasteiger partial charge is 0.469 e. The maximum atomic E-state index is 11.8. The van der Waals surface area contributed by atoms with Crippen LogP contribution < -0.4 is 15.5 Å². The Labute approximate surface area is 147 Å². The monoisotopic (exact) mass is 340 g/mol. The van der Waals surface area contributed by atoms with E-state index in [1.54, 1.807) is 13.3 Å². The Morgan fingerprint density at radius 1 is 1.24 bits per heavy atom. The molecule has 1 amide bonds. The molecule has 2 heterocycles. The second kappa shape index (κ2) is 8.37. The molecule has 0 spiro atoms. The zero-order chi connectivity index (χ0) is 17.5. The van der Waals surface area contributed by atoms with Gasteiger partial charge in [0.2, 0.25) is 5.91 Å². The van der Waals surface area contributed by atoms with Crippen molar-refractivity contribution in [2.75, 3.05) is 25.0 Å². The number of nitrogens with one attached hydrogen (secondary N) is 2. The van der Waals surface area contributed by atoms with Crippen LogP contribution in [0.25, 0.3) is 0 Å². The first-order chi connectivity index (χ1) is 12.3. The number of aliphatic imine (C=N–C) groups is 1. The molecule has 1 aromatic carbocycles. The summed E-state index contributed by atoms with van der Waals surface area (Å²) in [5.74, 6) is 1.92. The van der Waals surface area contributed by atoms with Crippen molar-refractivity contribution in [2.24, 2.45) is 4.99 Å². The molecular formula is C19H24N4O2. The van der Waals surface area contributed by atoms with Gasteiger partial charge in [-0.2, -0.15) is 0 Å². The molecule has 0 radical (unpaired) electrons. The van der Waals surface area contributed by atoms with Gasteiger partial charge in [0, 0.05) is 45.2 Å². The normalized spacial score (nSPS) is 14.8. The number of carbonyl (C=O) groups excluding carboxylic acids is 1. The number of nitrogens with zero attached hydrogens (tertiary/aromatic N) is 2. The number of furan rings is 1. The van der Waals surface area contributed by atoms with E-state index in [4.69, 9.17) is 4.42 Å². The maximum Gasteiger partial charge on any atom is 0.227 e. The van der Waals surface area contributed by atoms with Crippen molar-refractivity contribution >= 4 is 17.6 Å². The third-order valence-corrected chi connectivity index (χ3v) is 4.25. The van der Waals surface area contributed by atoms with E-state index in [9.17, 15) is 4.79 Å². The highest BCUT2D eigenvalue weighted by Crippen LogP contribution is 2.21. The van der Waals surface area contributed by atoms with Gasteiger partial charge in [0.15, 0.2) is 5.96 Å². The average molecular weight is 340 g/mol. The number of anilines is 1. The molecular weight excluding hydrogens is 316 g/mol. The molecule has 0 bridgehead atoms. The Morgan fingerprint density at radius 3 is 2.72 bits per heavy atom. The van der Waals surface area contributed by atoms with E-state index in [0.29, 0.717) is 13.0 Å². The topological polar surface area (TPSA) is 69.9 Å². The van der Waals surface area contributed by atoms with Crippen molar-refractivity contribution in [1.82, 2.24) is 10.6 Å². The van der Waals surface area contributed by atoms with Gasteiger partial charge >= 0.3 is 0 Å². The second-order valence-electron chi connectivity index (χ2n) is 6.00. The second-order valence-corrected chi connectivity index (χ2v) is 6.00. The van der Waals surface area contributed by atoms with Crippen molar-refractivity contribution in [3.8, 4) is 0 Å². The molecule has 0 aliphatic carbocycles. The molecule has 0 saturated carbocycles. The summed E-state index contributed by atoms with van der Waals surface area (Å²) in [6.45, 7) is 2.25. The number of guanidine groups is 1. The molecule has 3 rings (SSSR count). The van der Waals surface area contributed by atoms with Crippen LogP contribution in [0.4, 0.5) is 5.69 Å². The van der Waals surface area contributed by atoms with Crippen LogP contribution in [0.5, 0.6) is 0 Å². The maximum absolute atomic E-state index is 11.8. The Hall–Kier alpha value is -2.76. The average Bonchev–Trinajstić information content (AvgIpc) is 3.30. The summed E-state index contributed by atoms with van der Waals surface area (Å²) >= 11 is 0. The molecule has 6 heteroatoms. The van der Waals surface area contributed by atoms with Gasteiger partial charge in [0.05, 0.1) is 6.26 Å². The molecule has 1 fully saturated rings. The van der Waals surface area contributed by atoms with Gasteiger partial charge < -0.3 is 20.0 Å². The highest BCUT2D eigenvalue weighted by molar-refractivity contribution is 5.95. The van der Waals surface area contributed by atoms with Crippen LogP contribution in [-0.4, -0.2) is 32.0 Å². The van der Waals surface area contributed by atoms with E-state index in [1.165, 1.54) is 0 Å². The first-order valence-electron chi connectivity index (χ1n) is 8.62.